The van der Waals surface area contributed by atoms with Gasteiger partial charge in [-0.3, -0.25) is 14.5 Å². The number of aryl methyl sites for hydroxylation is 1. The summed E-state index contributed by atoms with van der Waals surface area (Å²) < 4.78 is 95.0. The highest BCUT2D eigenvalue weighted by Crippen LogP contribution is 2.39. The van der Waals surface area contributed by atoms with Crippen molar-refractivity contribution in [3.63, 3.8) is 0 Å². The van der Waals surface area contributed by atoms with Gasteiger partial charge in [0.1, 0.15) is 5.82 Å². The smallest absolute Gasteiger partial charge is 0.343 e. The third-order valence-corrected chi connectivity index (χ3v) is 8.85. The number of rotatable bonds is 4. The maximum Gasteiger partial charge on any atom is 0.416 e. The van der Waals surface area contributed by atoms with Gasteiger partial charge < -0.3 is 14.7 Å². The molecule has 2 aromatic carbocycles. The number of alkyl halides is 6. The van der Waals surface area contributed by atoms with Crippen molar-refractivity contribution >= 4 is 23.5 Å². The van der Waals surface area contributed by atoms with Crippen LogP contribution in [-0.2, 0) is 21.9 Å². The van der Waals surface area contributed by atoms with Gasteiger partial charge in [0.2, 0.25) is 11.8 Å². The van der Waals surface area contributed by atoms with Crippen LogP contribution in [0.4, 0.5) is 41.2 Å². The van der Waals surface area contributed by atoms with Crippen LogP contribution in [0.2, 0.25) is 0 Å². The zero-order chi connectivity index (χ0) is 33.4. The number of carbonyl (C=O) groups is 3. The van der Waals surface area contributed by atoms with E-state index in [9.17, 15) is 45.1 Å². The van der Waals surface area contributed by atoms with Crippen molar-refractivity contribution in [3.05, 3.63) is 64.5 Å². The van der Waals surface area contributed by atoms with E-state index >= 15 is 0 Å². The molecule has 14 heteroatoms. The second-order valence-electron chi connectivity index (χ2n) is 11.7. The lowest BCUT2D eigenvalue weighted by atomic mass is 9.82. The monoisotopic (exact) mass is 644 g/mol. The highest BCUT2D eigenvalue weighted by molar-refractivity contribution is 5.92. The molecular formula is C31H35F7N4O3. The summed E-state index contributed by atoms with van der Waals surface area (Å²) in [6.07, 6.45) is -8.92. The Hall–Kier alpha value is -3.84. The number of likely N-dealkylation sites (N-methyl/N-ethyl adjacent to an activating group) is 1. The summed E-state index contributed by atoms with van der Waals surface area (Å²) in [5.41, 5.74) is -2.46. The van der Waals surface area contributed by atoms with E-state index < -0.39 is 53.0 Å². The summed E-state index contributed by atoms with van der Waals surface area (Å²) in [7, 11) is 2.50. The number of piperidine rings is 2. The number of halogens is 7. The van der Waals surface area contributed by atoms with Gasteiger partial charge in [-0.25, -0.2) is 9.18 Å². The van der Waals surface area contributed by atoms with Gasteiger partial charge in [-0.05, 0) is 67.6 Å². The fourth-order valence-corrected chi connectivity index (χ4v) is 6.28. The van der Waals surface area contributed by atoms with Gasteiger partial charge in [-0.15, -0.1) is 0 Å². The van der Waals surface area contributed by atoms with Crippen LogP contribution >= 0.6 is 0 Å². The summed E-state index contributed by atoms with van der Waals surface area (Å²) in [5, 5.41) is 0. The summed E-state index contributed by atoms with van der Waals surface area (Å²) in [6.45, 7) is 4.47. The molecule has 2 unspecified atom stereocenters. The van der Waals surface area contributed by atoms with Crippen molar-refractivity contribution in [2.45, 2.75) is 57.4 Å². The van der Waals surface area contributed by atoms with E-state index in [-0.39, 0.29) is 43.3 Å². The van der Waals surface area contributed by atoms with Gasteiger partial charge in [0, 0.05) is 70.8 Å². The second kappa shape index (κ2) is 12.9. The van der Waals surface area contributed by atoms with Crippen LogP contribution < -0.4 is 4.90 Å². The molecule has 0 radical (unpaired) electrons. The van der Waals surface area contributed by atoms with E-state index in [1.54, 1.807) is 22.8 Å². The van der Waals surface area contributed by atoms with Crippen LogP contribution in [0, 0.1) is 18.7 Å². The van der Waals surface area contributed by atoms with Crippen LogP contribution in [0.15, 0.2) is 36.4 Å². The lowest BCUT2D eigenvalue weighted by Gasteiger charge is -2.45. The van der Waals surface area contributed by atoms with Crippen LogP contribution in [0.5, 0.6) is 0 Å². The van der Waals surface area contributed by atoms with Gasteiger partial charge in [0.05, 0.1) is 11.1 Å². The lowest BCUT2D eigenvalue weighted by molar-refractivity contribution is -0.143. The number of hydrogen-bond donors (Lipinski definition) is 0. The van der Waals surface area contributed by atoms with Crippen LogP contribution in [-0.4, -0.2) is 78.9 Å². The van der Waals surface area contributed by atoms with Gasteiger partial charge in [-0.1, -0.05) is 6.07 Å². The number of nitrogens with zero attached hydrogens (tertiary/aromatic N) is 4. The Labute approximate surface area is 256 Å². The van der Waals surface area contributed by atoms with E-state index in [0.717, 1.165) is 11.9 Å². The Morgan fingerprint density at radius 3 is 1.89 bits per heavy atom. The normalized spacial score (nSPS) is 19.8. The van der Waals surface area contributed by atoms with E-state index in [1.165, 1.54) is 31.0 Å². The predicted octanol–water partition coefficient (Wildman–Crippen LogP) is 6.30. The highest BCUT2D eigenvalue weighted by Gasteiger charge is 2.41. The molecule has 2 fully saturated rings. The molecule has 2 aliphatic rings. The molecule has 2 aromatic rings. The quantitative estimate of drug-likeness (QED) is 0.367. The van der Waals surface area contributed by atoms with Crippen LogP contribution in [0.3, 0.4) is 0 Å². The average Bonchev–Trinajstić information content (AvgIpc) is 2.98. The molecule has 7 nitrogen and oxygen atoms in total. The molecule has 0 aromatic heterocycles. The molecule has 4 rings (SSSR count). The number of hydrogen-bond acceptors (Lipinski definition) is 3. The Morgan fingerprint density at radius 1 is 0.822 bits per heavy atom. The van der Waals surface area contributed by atoms with E-state index in [1.807, 2.05) is 0 Å². The number of anilines is 1. The van der Waals surface area contributed by atoms with E-state index in [0.29, 0.717) is 49.2 Å². The second-order valence-corrected chi connectivity index (χ2v) is 11.7. The number of benzene rings is 2. The van der Waals surface area contributed by atoms with Crippen LogP contribution in [0.25, 0.3) is 0 Å². The van der Waals surface area contributed by atoms with Crippen molar-refractivity contribution < 1.29 is 45.1 Å². The van der Waals surface area contributed by atoms with Crippen molar-refractivity contribution in [2.75, 3.05) is 45.2 Å². The molecule has 45 heavy (non-hydrogen) atoms. The Bertz CT molecular complexity index is 1400. The first-order chi connectivity index (χ1) is 20.9. The third-order valence-electron chi connectivity index (χ3n) is 8.85. The predicted molar refractivity (Wildman–Crippen MR) is 152 cm³/mol. The average molecular weight is 645 g/mol. The fraction of sp³-hybridized carbons (Fsp3) is 0.516. The molecule has 2 heterocycles. The number of likely N-dealkylation sites (tertiary alicyclic amines) is 2. The topological polar surface area (TPSA) is 64.2 Å². The fourth-order valence-electron chi connectivity index (χ4n) is 6.28. The molecule has 0 spiro atoms. The molecule has 0 saturated carbocycles. The van der Waals surface area contributed by atoms with E-state index in [2.05, 4.69) is 0 Å². The Balaban J connectivity index is 1.61. The molecule has 246 valence electrons. The maximum atomic E-state index is 14.0. The Morgan fingerprint density at radius 2 is 1.38 bits per heavy atom. The molecule has 4 amide bonds. The highest BCUT2D eigenvalue weighted by atomic mass is 19.4. The summed E-state index contributed by atoms with van der Waals surface area (Å²) in [6, 6.07) is 3.63. The van der Waals surface area contributed by atoms with Crippen molar-refractivity contribution in [3.8, 4) is 0 Å². The van der Waals surface area contributed by atoms with Crippen molar-refractivity contribution in [1.82, 2.24) is 14.7 Å². The van der Waals surface area contributed by atoms with Crippen molar-refractivity contribution in [2.24, 2.45) is 5.92 Å². The molecule has 0 bridgehead atoms. The summed E-state index contributed by atoms with van der Waals surface area (Å²) >= 11 is 0. The third kappa shape index (κ3) is 7.52. The molecule has 2 atom stereocenters. The minimum atomic E-state index is -5.08. The summed E-state index contributed by atoms with van der Waals surface area (Å²) in [5.74, 6) is -1.48. The number of amides is 4. The van der Waals surface area contributed by atoms with Gasteiger partial charge in [0.15, 0.2) is 0 Å². The first kappa shape index (κ1) is 34.0. The zero-order valence-corrected chi connectivity index (χ0v) is 25.3. The van der Waals surface area contributed by atoms with Gasteiger partial charge in [0.25, 0.3) is 0 Å². The molecule has 2 saturated heterocycles. The Kier molecular flexibility index (Phi) is 9.74. The number of urea groups is 1. The van der Waals surface area contributed by atoms with Crippen molar-refractivity contribution in [1.29, 1.82) is 0 Å². The maximum absolute atomic E-state index is 14.0. The van der Waals surface area contributed by atoms with E-state index in [4.69, 9.17) is 0 Å². The standard InChI is InChI=1S/C31H35F7N4O3/c1-18-13-23(32)5-6-25(18)26-17-42(28(44)20-7-10-41(11-8-20)19(2)43)12-9-27(26)40(4)29(45)39(3)24-15-21(30(33,34)35)14-22(16-24)31(36,37)38/h5-6,13-16,20,26-27H,7-12,17H2,1-4H3. The first-order valence-corrected chi connectivity index (χ1v) is 14.5. The van der Waals surface area contributed by atoms with Gasteiger partial charge >= 0.3 is 18.4 Å². The molecule has 2 aliphatic heterocycles. The SMILES string of the molecule is CC(=O)N1CCC(C(=O)N2CCC(N(C)C(=O)N(C)c3cc(C(F)(F)F)cc(C(F)(F)F)c3)C(c3ccc(F)cc3C)C2)CC1. The van der Waals surface area contributed by atoms with Gasteiger partial charge in [-0.2, -0.15) is 26.3 Å². The molecule has 0 aliphatic carbocycles. The largest absolute Gasteiger partial charge is 0.416 e. The first-order valence-electron chi connectivity index (χ1n) is 14.5. The minimum absolute atomic E-state index is 0.00441. The number of carbonyl (C=O) groups excluding carboxylic acids is 3. The van der Waals surface area contributed by atoms with Crippen LogP contribution in [0.1, 0.15) is 54.4 Å². The zero-order valence-electron chi connectivity index (χ0n) is 25.3. The molecule has 0 N–H and O–H groups in total. The minimum Gasteiger partial charge on any atom is -0.343 e. The molecular weight excluding hydrogens is 609 g/mol. The summed E-state index contributed by atoms with van der Waals surface area (Å²) in [4.78, 5) is 44.3. The lowest BCUT2D eigenvalue weighted by Crippen LogP contribution is -2.55.